The van der Waals surface area contributed by atoms with Crippen molar-refractivity contribution < 1.29 is 34.0 Å². The first kappa shape index (κ1) is 18.1. The average Bonchev–Trinajstić information content (AvgIpc) is 2.51. The summed E-state index contributed by atoms with van der Waals surface area (Å²) < 4.78 is 20.2. The molecule has 7 heteroatoms. The standard InChI is InChI=1S/C15H20O7/c1-2-14(17)22-15(18,12-20-11-10-19-9-8-16)21-13-6-4-3-5-7-13/h2-7,16,18H,1,8-12H2. The van der Waals surface area contributed by atoms with Crippen molar-refractivity contribution in [3.8, 4) is 5.75 Å². The molecule has 0 saturated heterocycles. The van der Waals surface area contributed by atoms with Gasteiger partial charge in [0, 0.05) is 6.08 Å². The normalized spacial score (nSPS) is 13.2. The fraction of sp³-hybridized carbons (Fsp3) is 0.400. The molecule has 0 heterocycles. The molecule has 0 amide bonds. The van der Waals surface area contributed by atoms with Crippen LogP contribution < -0.4 is 4.74 Å². The first-order valence-electron chi connectivity index (χ1n) is 6.68. The number of carbonyl (C=O) groups excluding carboxylic acids is 1. The lowest BCUT2D eigenvalue weighted by Crippen LogP contribution is -2.45. The zero-order valence-electron chi connectivity index (χ0n) is 12.1. The number of para-hydroxylation sites is 1. The number of aliphatic hydroxyl groups is 2. The molecule has 0 radical (unpaired) electrons. The van der Waals surface area contributed by atoms with Crippen LogP contribution in [-0.4, -0.2) is 55.2 Å². The molecule has 122 valence electrons. The molecule has 0 fully saturated rings. The summed E-state index contributed by atoms with van der Waals surface area (Å²) in [6.07, 6.45) is 0.906. The zero-order valence-corrected chi connectivity index (χ0v) is 12.1. The molecule has 0 bridgehead atoms. The molecule has 2 N–H and O–H groups in total. The molecule has 1 rings (SSSR count). The van der Waals surface area contributed by atoms with Crippen molar-refractivity contribution in [1.29, 1.82) is 0 Å². The summed E-state index contributed by atoms with van der Waals surface area (Å²) >= 11 is 0. The molecule has 22 heavy (non-hydrogen) atoms. The first-order chi connectivity index (χ1) is 10.6. The molecule has 0 aromatic heterocycles. The van der Waals surface area contributed by atoms with Gasteiger partial charge >= 0.3 is 11.9 Å². The van der Waals surface area contributed by atoms with Gasteiger partial charge in [-0.2, -0.15) is 0 Å². The van der Waals surface area contributed by atoms with Gasteiger partial charge in [0.2, 0.25) is 0 Å². The number of hydrogen-bond acceptors (Lipinski definition) is 7. The van der Waals surface area contributed by atoms with E-state index in [1.54, 1.807) is 30.3 Å². The van der Waals surface area contributed by atoms with E-state index in [0.29, 0.717) is 5.75 Å². The second kappa shape index (κ2) is 9.91. The SMILES string of the molecule is C=CC(=O)OC(O)(COCCOCCO)Oc1ccccc1. The minimum absolute atomic E-state index is 0.0853. The quantitative estimate of drug-likeness (QED) is 0.265. The predicted octanol–water partition coefficient (Wildman–Crippen LogP) is 0.466. The Morgan fingerprint density at radius 3 is 2.50 bits per heavy atom. The van der Waals surface area contributed by atoms with Crippen molar-refractivity contribution in [3.63, 3.8) is 0 Å². The monoisotopic (exact) mass is 312 g/mol. The largest absolute Gasteiger partial charge is 0.428 e. The van der Waals surface area contributed by atoms with E-state index in [0.717, 1.165) is 6.08 Å². The maximum Gasteiger partial charge on any atom is 0.396 e. The van der Waals surface area contributed by atoms with E-state index < -0.39 is 18.5 Å². The van der Waals surface area contributed by atoms with E-state index in [1.807, 2.05) is 0 Å². The second-order valence-electron chi connectivity index (χ2n) is 4.14. The Hall–Kier alpha value is -1.93. The van der Waals surface area contributed by atoms with Crippen LogP contribution >= 0.6 is 0 Å². The summed E-state index contributed by atoms with van der Waals surface area (Å²) in [5, 5.41) is 18.8. The number of esters is 1. The van der Waals surface area contributed by atoms with Crippen LogP contribution in [0.5, 0.6) is 5.75 Å². The Balaban J connectivity index is 2.54. The topological polar surface area (TPSA) is 94.5 Å². The molecule has 1 aromatic rings. The number of benzene rings is 1. The number of hydrogen-bond donors (Lipinski definition) is 2. The van der Waals surface area contributed by atoms with E-state index >= 15 is 0 Å². The fourth-order valence-corrected chi connectivity index (χ4v) is 1.44. The molecule has 1 aromatic carbocycles. The highest BCUT2D eigenvalue weighted by molar-refractivity contribution is 5.81. The van der Waals surface area contributed by atoms with Gasteiger partial charge in [0.25, 0.3) is 0 Å². The smallest absolute Gasteiger partial charge is 0.396 e. The lowest BCUT2D eigenvalue weighted by atomic mass is 10.3. The van der Waals surface area contributed by atoms with Crippen LogP contribution in [0.2, 0.25) is 0 Å². The van der Waals surface area contributed by atoms with Crippen molar-refractivity contribution in [1.82, 2.24) is 0 Å². The van der Waals surface area contributed by atoms with Crippen LogP contribution in [0.1, 0.15) is 0 Å². The number of rotatable bonds is 11. The van der Waals surface area contributed by atoms with Crippen molar-refractivity contribution in [2.24, 2.45) is 0 Å². The highest BCUT2D eigenvalue weighted by atomic mass is 16.8. The van der Waals surface area contributed by atoms with Crippen molar-refractivity contribution in [2.45, 2.75) is 5.97 Å². The highest BCUT2D eigenvalue weighted by Crippen LogP contribution is 2.18. The summed E-state index contributed by atoms with van der Waals surface area (Å²) in [4.78, 5) is 11.3. The predicted molar refractivity (Wildman–Crippen MR) is 77.0 cm³/mol. The third-order valence-electron chi connectivity index (χ3n) is 2.34. The number of aliphatic hydroxyl groups excluding tert-OH is 1. The zero-order chi connectivity index (χ0) is 16.3. The Labute approximate surface area is 128 Å². The van der Waals surface area contributed by atoms with Crippen LogP contribution in [0.4, 0.5) is 0 Å². The van der Waals surface area contributed by atoms with E-state index in [1.165, 1.54) is 0 Å². The maximum atomic E-state index is 11.3. The van der Waals surface area contributed by atoms with E-state index in [2.05, 4.69) is 6.58 Å². The molecule has 1 unspecified atom stereocenters. The van der Waals surface area contributed by atoms with Crippen LogP contribution in [-0.2, 0) is 19.0 Å². The highest BCUT2D eigenvalue weighted by Gasteiger charge is 2.34. The van der Waals surface area contributed by atoms with Gasteiger partial charge in [0.1, 0.15) is 5.75 Å². The Morgan fingerprint density at radius 1 is 1.18 bits per heavy atom. The van der Waals surface area contributed by atoms with Crippen molar-refractivity contribution in [2.75, 3.05) is 33.0 Å². The molecule has 0 aliphatic carbocycles. The number of carbonyl (C=O) groups is 1. The Morgan fingerprint density at radius 2 is 1.86 bits per heavy atom. The maximum absolute atomic E-state index is 11.3. The van der Waals surface area contributed by atoms with Gasteiger partial charge in [0.15, 0.2) is 6.61 Å². The molecule has 0 spiro atoms. The average molecular weight is 312 g/mol. The molecular formula is C15H20O7. The number of ether oxygens (including phenoxy) is 4. The fourth-order valence-electron chi connectivity index (χ4n) is 1.44. The van der Waals surface area contributed by atoms with Gasteiger partial charge in [-0.05, 0) is 12.1 Å². The minimum Gasteiger partial charge on any atom is -0.428 e. The Bertz CT molecular complexity index is 448. The summed E-state index contributed by atoms with van der Waals surface area (Å²) in [6.45, 7) is 3.30. The van der Waals surface area contributed by atoms with Crippen molar-refractivity contribution >= 4 is 5.97 Å². The lowest BCUT2D eigenvalue weighted by molar-refractivity contribution is -0.319. The lowest BCUT2D eigenvalue weighted by Gasteiger charge is -2.27. The molecule has 7 nitrogen and oxygen atoms in total. The third kappa shape index (κ3) is 7.19. The van der Waals surface area contributed by atoms with Crippen LogP contribution in [0.15, 0.2) is 43.0 Å². The summed E-state index contributed by atoms with van der Waals surface area (Å²) in [7, 11) is 0. The third-order valence-corrected chi connectivity index (χ3v) is 2.34. The van der Waals surface area contributed by atoms with Gasteiger partial charge in [-0.1, -0.05) is 24.8 Å². The van der Waals surface area contributed by atoms with Crippen LogP contribution in [0.3, 0.4) is 0 Å². The minimum atomic E-state index is -2.27. The van der Waals surface area contributed by atoms with E-state index in [-0.39, 0.29) is 26.4 Å². The van der Waals surface area contributed by atoms with E-state index in [4.69, 9.17) is 24.1 Å². The van der Waals surface area contributed by atoms with Gasteiger partial charge in [0.05, 0.1) is 26.4 Å². The van der Waals surface area contributed by atoms with Gasteiger partial charge in [-0.15, -0.1) is 0 Å². The van der Waals surface area contributed by atoms with E-state index in [9.17, 15) is 9.90 Å². The summed E-state index contributed by atoms with van der Waals surface area (Å²) in [6, 6.07) is 8.37. The van der Waals surface area contributed by atoms with Gasteiger partial charge < -0.3 is 29.2 Å². The molecule has 0 aliphatic heterocycles. The van der Waals surface area contributed by atoms with Crippen LogP contribution in [0, 0.1) is 0 Å². The van der Waals surface area contributed by atoms with Gasteiger partial charge in [-0.3, -0.25) is 0 Å². The Kier molecular flexibility index (Phi) is 8.16. The summed E-state index contributed by atoms with van der Waals surface area (Å²) in [5.41, 5.74) is 0. The first-order valence-corrected chi connectivity index (χ1v) is 6.68. The van der Waals surface area contributed by atoms with Gasteiger partial charge in [-0.25, -0.2) is 4.79 Å². The molecule has 1 atom stereocenters. The summed E-state index contributed by atoms with van der Waals surface area (Å²) in [5.74, 6) is -2.82. The molecule has 0 aliphatic rings. The second-order valence-corrected chi connectivity index (χ2v) is 4.14. The van der Waals surface area contributed by atoms with Crippen LogP contribution in [0.25, 0.3) is 0 Å². The molecule has 0 saturated carbocycles. The molecular weight excluding hydrogens is 292 g/mol. The van der Waals surface area contributed by atoms with Crippen molar-refractivity contribution in [3.05, 3.63) is 43.0 Å².